The highest BCUT2D eigenvalue weighted by Crippen LogP contribution is 2.26. The van der Waals surface area contributed by atoms with Gasteiger partial charge in [-0.25, -0.2) is 4.39 Å². The molecule has 1 aromatic carbocycles. The third-order valence-corrected chi connectivity index (χ3v) is 4.79. The lowest BCUT2D eigenvalue weighted by Gasteiger charge is -2.16. The van der Waals surface area contributed by atoms with Crippen molar-refractivity contribution in [3.63, 3.8) is 0 Å². The first-order chi connectivity index (χ1) is 14.3. The van der Waals surface area contributed by atoms with Crippen LogP contribution < -0.4 is 10.9 Å². The molecule has 0 saturated heterocycles. The third-order valence-electron chi connectivity index (χ3n) is 4.79. The molecule has 2 aromatic heterocycles. The molecule has 0 saturated carbocycles. The van der Waals surface area contributed by atoms with E-state index < -0.39 is 17.2 Å². The van der Waals surface area contributed by atoms with E-state index in [4.69, 9.17) is 4.74 Å². The van der Waals surface area contributed by atoms with Crippen molar-refractivity contribution in [3.8, 4) is 5.75 Å². The largest absolute Gasteiger partial charge is 0.505 e. The summed E-state index contributed by atoms with van der Waals surface area (Å²) in [4.78, 5) is 29.9. The zero-order valence-electron chi connectivity index (χ0n) is 17.1. The minimum absolute atomic E-state index is 0.170. The second-order valence-corrected chi connectivity index (χ2v) is 7.12. The second-order valence-electron chi connectivity index (χ2n) is 7.12. The molecule has 8 heteroatoms. The molecule has 2 N–H and O–H groups in total. The first-order valence-corrected chi connectivity index (χ1v) is 9.64. The van der Waals surface area contributed by atoms with Crippen molar-refractivity contribution >= 4 is 16.9 Å². The number of methoxy groups -OCH3 is 1. The number of aromatic hydroxyl groups is 1. The van der Waals surface area contributed by atoms with Crippen LogP contribution in [0.5, 0.6) is 5.75 Å². The van der Waals surface area contributed by atoms with Gasteiger partial charge in [0.1, 0.15) is 16.9 Å². The van der Waals surface area contributed by atoms with Gasteiger partial charge in [0.15, 0.2) is 5.75 Å². The van der Waals surface area contributed by atoms with Crippen LogP contribution in [0.2, 0.25) is 0 Å². The molecule has 0 bridgehead atoms. The number of aryl methyl sites for hydroxylation is 1. The summed E-state index contributed by atoms with van der Waals surface area (Å²) in [5, 5.41) is 13.3. The van der Waals surface area contributed by atoms with Gasteiger partial charge in [-0.3, -0.25) is 14.6 Å². The van der Waals surface area contributed by atoms with E-state index in [-0.39, 0.29) is 29.5 Å². The zero-order chi connectivity index (χ0) is 21.8. The number of amides is 1. The molecule has 2 heterocycles. The number of rotatable bonds is 7. The number of nitrogens with one attached hydrogen (secondary N) is 1. The predicted octanol–water partition coefficient (Wildman–Crippen LogP) is 2.62. The molecule has 30 heavy (non-hydrogen) atoms. The van der Waals surface area contributed by atoms with Gasteiger partial charge >= 0.3 is 0 Å². The maximum absolute atomic E-state index is 13.1. The van der Waals surface area contributed by atoms with Crippen LogP contribution in [0.15, 0.2) is 41.3 Å². The molecule has 0 spiro atoms. The lowest BCUT2D eigenvalue weighted by Crippen LogP contribution is -2.39. The number of ether oxygens (including phenoxy) is 1. The van der Waals surface area contributed by atoms with Gasteiger partial charge in [-0.05, 0) is 49.6 Å². The van der Waals surface area contributed by atoms with E-state index in [0.29, 0.717) is 18.5 Å². The maximum atomic E-state index is 13.1. The van der Waals surface area contributed by atoms with E-state index in [2.05, 4.69) is 10.3 Å². The van der Waals surface area contributed by atoms with Gasteiger partial charge in [-0.15, -0.1) is 0 Å². The summed E-state index contributed by atoms with van der Waals surface area (Å²) in [5.41, 5.74) is 1.35. The Morgan fingerprint density at radius 3 is 2.63 bits per heavy atom. The molecule has 7 nitrogen and oxygen atoms in total. The Morgan fingerprint density at radius 2 is 2.00 bits per heavy atom. The molecule has 3 rings (SSSR count). The van der Waals surface area contributed by atoms with Gasteiger partial charge in [0, 0.05) is 25.9 Å². The highest BCUT2D eigenvalue weighted by Gasteiger charge is 2.24. The van der Waals surface area contributed by atoms with Crippen molar-refractivity contribution in [1.82, 2.24) is 14.9 Å². The summed E-state index contributed by atoms with van der Waals surface area (Å²) < 4.78 is 19.5. The molecule has 3 aromatic rings. The summed E-state index contributed by atoms with van der Waals surface area (Å²) in [6.07, 6.45) is 2.06. The SMILES string of the molecule is CCn1c(=O)c(C(=O)NC(C)COC)c(O)c2ncc(Cc3ccc(F)cc3)cc21. The molecular weight excluding hydrogens is 389 g/mol. The smallest absolute Gasteiger partial charge is 0.267 e. The van der Waals surface area contributed by atoms with Crippen LogP contribution in [0.4, 0.5) is 4.39 Å². The summed E-state index contributed by atoms with van der Waals surface area (Å²) in [5.74, 6) is -1.44. The monoisotopic (exact) mass is 413 g/mol. The fourth-order valence-electron chi connectivity index (χ4n) is 3.39. The minimum Gasteiger partial charge on any atom is -0.505 e. The fourth-order valence-corrected chi connectivity index (χ4v) is 3.39. The first kappa shape index (κ1) is 21.4. The summed E-state index contributed by atoms with van der Waals surface area (Å²) in [6.45, 7) is 4.08. The van der Waals surface area contributed by atoms with Crippen molar-refractivity contribution in [3.05, 3.63) is 69.4 Å². The maximum Gasteiger partial charge on any atom is 0.267 e. The molecular formula is C22H24FN3O4. The number of carbonyl (C=O) groups excluding carboxylic acids is 1. The second kappa shape index (κ2) is 9.04. The number of carbonyl (C=O) groups is 1. The van der Waals surface area contributed by atoms with Crippen molar-refractivity contribution in [1.29, 1.82) is 0 Å². The molecule has 1 unspecified atom stereocenters. The van der Waals surface area contributed by atoms with E-state index in [1.165, 1.54) is 23.8 Å². The van der Waals surface area contributed by atoms with Crippen molar-refractivity contribution in [2.24, 2.45) is 0 Å². The quantitative estimate of drug-likeness (QED) is 0.621. The highest BCUT2D eigenvalue weighted by molar-refractivity contribution is 6.01. The molecule has 0 fully saturated rings. The van der Waals surface area contributed by atoms with Crippen LogP contribution in [-0.2, 0) is 17.7 Å². The summed E-state index contributed by atoms with van der Waals surface area (Å²) in [6, 6.07) is 7.54. The number of fused-ring (bicyclic) bond motifs is 1. The van der Waals surface area contributed by atoms with Crippen LogP contribution >= 0.6 is 0 Å². The van der Waals surface area contributed by atoms with E-state index >= 15 is 0 Å². The average molecular weight is 413 g/mol. The van der Waals surface area contributed by atoms with Crippen molar-refractivity contribution < 1.29 is 19.0 Å². The van der Waals surface area contributed by atoms with Crippen LogP contribution in [0.3, 0.4) is 0 Å². The van der Waals surface area contributed by atoms with E-state index in [1.54, 1.807) is 38.2 Å². The number of halogens is 1. The van der Waals surface area contributed by atoms with Crippen LogP contribution in [0.25, 0.3) is 11.0 Å². The fraction of sp³-hybridized carbons (Fsp3) is 0.318. The van der Waals surface area contributed by atoms with Crippen molar-refractivity contribution in [2.45, 2.75) is 32.9 Å². The Balaban J connectivity index is 2.05. The number of nitrogens with zero attached hydrogens (tertiary/aromatic N) is 2. The minimum atomic E-state index is -0.677. The van der Waals surface area contributed by atoms with Gasteiger partial charge in [0.2, 0.25) is 0 Å². The third kappa shape index (κ3) is 4.33. The number of hydrogen-bond donors (Lipinski definition) is 2. The van der Waals surface area contributed by atoms with E-state index in [9.17, 15) is 19.1 Å². The average Bonchev–Trinajstić information content (AvgIpc) is 2.70. The molecule has 1 amide bonds. The van der Waals surface area contributed by atoms with E-state index in [1.807, 2.05) is 0 Å². The molecule has 0 aliphatic rings. The molecule has 0 radical (unpaired) electrons. The lowest BCUT2D eigenvalue weighted by molar-refractivity contribution is 0.0901. The van der Waals surface area contributed by atoms with Gasteiger partial charge < -0.3 is 19.7 Å². The van der Waals surface area contributed by atoms with Crippen LogP contribution in [0.1, 0.15) is 35.3 Å². The predicted molar refractivity (Wildman–Crippen MR) is 111 cm³/mol. The van der Waals surface area contributed by atoms with Crippen LogP contribution in [-0.4, -0.2) is 40.3 Å². The Bertz CT molecular complexity index is 1130. The van der Waals surface area contributed by atoms with Gasteiger partial charge in [-0.1, -0.05) is 12.1 Å². The van der Waals surface area contributed by atoms with Gasteiger partial charge in [-0.2, -0.15) is 0 Å². The van der Waals surface area contributed by atoms with Gasteiger partial charge in [0.25, 0.3) is 11.5 Å². The summed E-state index contributed by atoms with van der Waals surface area (Å²) in [7, 11) is 1.51. The molecule has 0 aliphatic carbocycles. The molecule has 0 aliphatic heterocycles. The molecule has 1 atom stereocenters. The number of aromatic nitrogens is 2. The van der Waals surface area contributed by atoms with Crippen LogP contribution in [0, 0.1) is 5.82 Å². The molecule has 158 valence electrons. The topological polar surface area (TPSA) is 93.5 Å². The zero-order valence-corrected chi connectivity index (χ0v) is 17.1. The number of hydrogen-bond acceptors (Lipinski definition) is 5. The number of pyridine rings is 2. The van der Waals surface area contributed by atoms with E-state index in [0.717, 1.165) is 11.1 Å². The Kier molecular flexibility index (Phi) is 6.47. The lowest BCUT2D eigenvalue weighted by atomic mass is 10.1. The highest BCUT2D eigenvalue weighted by atomic mass is 19.1. The number of benzene rings is 1. The van der Waals surface area contributed by atoms with Gasteiger partial charge in [0.05, 0.1) is 12.1 Å². The normalized spacial score (nSPS) is 12.1. The Morgan fingerprint density at radius 1 is 1.30 bits per heavy atom. The first-order valence-electron chi connectivity index (χ1n) is 9.64. The standard InChI is InChI=1S/C22H24FN3O4/c1-4-26-17-10-15(9-14-5-7-16(23)8-6-14)11-24-19(17)20(27)18(22(26)29)21(28)25-13(2)12-30-3/h5-8,10-11,13,27H,4,9,12H2,1-3H3,(H,25,28). The Hall–Kier alpha value is -3.26. The summed E-state index contributed by atoms with van der Waals surface area (Å²) >= 11 is 0. The van der Waals surface area contributed by atoms with Crippen molar-refractivity contribution in [2.75, 3.05) is 13.7 Å². The Labute approximate surface area is 173 Å².